The first kappa shape index (κ1) is 16.5. The predicted molar refractivity (Wildman–Crippen MR) is 99.7 cm³/mol. The normalized spacial score (nSPS) is 13.8. The van der Waals surface area contributed by atoms with Crippen LogP contribution in [0.25, 0.3) is 10.6 Å². The Kier molecular flexibility index (Phi) is 5.83. The molecule has 2 heterocycles. The molecule has 0 saturated heterocycles. The number of rotatable bonds is 3. The van der Waals surface area contributed by atoms with Gasteiger partial charge in [-0.3, -0.25) is 4.99 Å². The standard InChI is InChI=1S/C14H15ClN4S.HI/c1-19-7-6-16-14(19)18-9-12-8-17-13(20-12)10-2-4-11(15)5-3-10;/h2-5,8H,6-7,9H2,1H3,(H,16,18);1H. The van der Waals surface area contributed by atoms with Gasteiger partial charge >= 0.3 is 0 Å². The first-order valence-corrected chi connectivity index (χ1v) is 7.62. The first-order valence-electron chi connectivity index (χ1n) is 6.42. The molecular weight excluding hydrogens is 419 g/mol. The molecule has 0 aliphatic carbocycles. The van der Waals surface area contributed by atoms with Crippen molar-refractivity contribution in [1.29, 1.82) is 0 Å². The van der Waals surface area contributed by atoms with Crippen LogP contribution in [0.4, 0.5) is 0 Å². The fraction of sp³-hybridized carbons (Fsp3) is 0.286. The Morgan fingerprint density at radius 3 is 2.76 bits per heavy atom. The van der Waals surface area contributed by atoms with E-state index in [1.54, 1.807) is 11.3 Å². The number of aliphatic imine (C=N–C) groups is 1. The van der Waals surface area contributed by atoms with Gasteiger partial charge in [-0.1, -0.05) is 23.7 Å². The van der Waals surface area contributed by atoms with Gasteiger partial charge in [0.1, 0.15) is 5.01 Å². The Hall–Kier alpha value is -0.860. The highest BCUT2D eigenvalue weighted by Crippen LogP contribution is 2.26. The van der Waals surface area contributed by atoms with Crippen molar-refractivity contribution in [2.75, 3.05) is 20.1 Å². The summed E-state index contributed by atoms with van der Waals surface area (Å²) in [4.78, 5) is 12.2. The Balaban J connectivity index is 0.00000161. The van der Waals surface area contributed by atoms with E-state index in [0.29, 0.717) is 0 Å². The Morgan fingerprint density at radius 1 is 1.33 bits per heavy atom. The Morgan fingerprint density at radius 2 is 2.10 bits per heavy atom. The van der Waals surface area contributed by atoms with Gasteiger partial charge in [-0.2, -0.15) is 0 Å². The second kappa shape index (κ2) is 7.42. The Labute approximate surface area is 150 Å². The molecule has 0 spiro atoms. The highest BCUT2D eigenvalue weighted by molar-refractivity contribution is 14.0. The zero-order valence-electron chi connectivity index (χ0n) is 11.5. The number of aromatic nitrogens is 1. The number of hydrogen-bond donors (Lipinski definition) is 1. The van der Waals surface area contributed by atoms with Gasteiger partial charge in [0.05, 0.1) is 13.1 Å². The lowest BCUT2D eigenvalue weighted by Gasteiger charge is -2.14. The predicted octanol–water partition coefficient (Wildman–Crippen LogP) is 3.47. The average Bonchev–Trinajstić information content (AvgIpc) is 3.06. The SMILES string of the molecule is CN1CCN=C1NCc1cnc(-c2ccc(Cl)cc2)s1.I. The van der Waals surface area contributed by atoms with Crippen LogP contribution in [0.2, 0.25) is 5.02 Å². The lowest BCUT2D eigenvalue weighted by Crippen LogP contribution is -2.34. The molecule has 0 saturated carbocycles. The van der Waals surface area contributed by atoms with Gasteiger partial charge in [-0.15, -0.1) is 35.3 Å². The second-order valence-electron chi connectivity index (χ2n) is 4.62. The van der Waals surface area contributed by atoms with Gasteiger partial charge in [0.2, 0.25) is 0 Å². The summed E-state index contributed by atoms with van der Waals surface area (Å²) in [5.74, 6) is 0.964. The van der Waals surface area contributed by atoms with E-state index in [9.17, 15) is 0 Å². The minimum absolute atomic E-state index is 0. The number of guanidine groups is 1. The molecule has 1 aromatic carbocycles. The Bertz CT molecular complexity index is 626. The van der Waals surface area contributed by atoms with Crippen molar-refractivity contribution in [3.8, 4) is 10.6 Å². The summed E-state index contributed by atoms with van der Waals surface area (Å²) >= 11 is 7.58. The fourth-order valence-corrected chi connectivity index (χ4v) is 2.99. The van der Waals surface area contributed by atoms with E-state index in [1.807, 2.05) is 37.5 Å². The second-order valence-corrected chi connectivity index (χ2v) is 6.17. The van der Waals surface area contributed by atoms with Crippen molar-refractivity contribution in [3.05, 3.63) is 40.4 Å². The third-order valence-corrected chi connectivity index (χ3v) is 4.42. The van der Waals surface area contributed by atoms with Crippen LogP contribution >= 0.6 is 46.9 Å². The van der Waals surface area contributed by atoms with Crippen LogP contribution in [-0.4, -0.2) is 36.0 Å². The van der Waals surface area contributed by atoms with Gasteiger partial charge < -0.3 is 10.2 Å². The maximum Gasteiger partial charge on any atom is 0.194 e. The topological polar surface area (TPSA) is 40.5 Å². The molecule has 0 fully saturated rings. The molecule has 2 aromatic rings. The summed E-state index contributed by atoms with van der Waals surface area (Å²) in [5.41, 5.74) is 1.10. The van der Waals surface area contributed by atoms with Crippen LogP contribution in [0.3, 0.4) is 0 Å². The highest BCUT2D eigenvalue weighted by atomic mass is 127. The van der Waals surface area contributed by atoms with Crippen molar-refractivity contribution in [1.82, 2.24) is 15.2 Å². The molecule has 1 aliphatic heterocycles. The van der Waals surface area contributed by atoms with E-state index in [4.69, 9.17) is 11.6 Å². The molecule has 0 unspecified atom stereocenters. The summed E-state index contributed by atoms with van der Waals surface area (Å²) in [6.45, 7) is 2.62. The summed E-state index contributed by atoms with van der Waals surface area (Å²) < 4.78 is 0. The molecule has 1 aliphatic rings. The van der Waals surface area contributed by atoms with Crippen molar-refractivity contribution in [2.24, 2.45) is 4.99 Å². The average molecular weight is 435 g/mol. The van der Waals surface area contributed by atoms with Crippen LogP contribution in [0, 0.1) is 0 Å². The molecule has 112 valence electrons. The molecule has 0 amide bonds. The van der Waals surface area contributed by atoms with E-state index in [2.05, 4.69) is 20.2 Å². The quantitative estimate of drug-likeness (QED) is 0.752. The molecule has 0 bridgehead atoms. The number of hydrogen-bond acceptors (Lipinski definition) is 5. The summed E-state index contributed by atoms with van der Waals surface area (Å²) in [7, 11) is 2.05. The molecule has 3 rings (SSSR count). The third kappa shape index (κ3) is 4.08. The van der Waals surface area contributed by atoms with Crippen molar-refractivity contribution >= 4 is 52.9 Å². The van der Waals surface area contributed by atoms with E-state index in [0.717, 1.165) is 41.2 Å². The molecule has 4 nitrogen and oxygen atoms in total. The van der Waals surface area contributed by atoms with Crippen molar-refractivity contribution in [2.45, 2.75) is 6.54 Å². The van der Waals surface area contributed by atoms with Crippen LogP contribution in [-0.2, 0) is 6.54 Å². The zero-order valence-corrected chi connectivity index (χ0v) is 15.4. The summed E-state index contributed by atoms with van der Waals surface area (Å²) in [5, 5.41) is 5.11. The smallest absolute Gasteiger partial charge is 0.194 e. The maximum absolute atomic E-state index is 5.90. The summed E-state index contributed by atoms with van der Waals surface area (Å²) in [6.07, 6.45) is 1.91. The minimum Gasteiger partial charge on any atom is -0.351 e. The monoisotopic (exact) mass is 434 g/mol. The minimum atomic E-state index is 0. The maximum atomic E-state index is 5.90. The number of halogens is 2. The number of nitrogens with one attached hydrogen (secondary N) is 1. The molecular formula is C14H16ClIN4S. The molecule has 0 atom stereocenters. The number of benzene rings is 1. The highest BCUT2D eigenvalue weighted by Gasteiger charge is 2.12. The van der Waals surface area contributed by atoms with Gasteiger partial charge in [0.25, 0.3) is 0 Å². The van der Waals surface area contributed by atoms with E-state index in [1.165, 1.54) is 4.88 Å². The van der Waals surface area contributed by atoms with Gasteiger partial charge in [-0.25, -0.2) is 4.98 Å². The molecule has 0 radical (unpaired) electrons. The lowest BCUT2D eigenvalue weighted by atomic mass is 10.2. The van der Waals surface area contributed by atoms with E-state index in [-0.39, 0.29) is 24.0 Å². The number of likely N-dealkylation sites (N-methyl/N-ethyl adjacent to an activating group) is 1. The summed E-state index contributed by atoms with van der Waals surface area (Å²) in [6, 6.07) is 7.76. The number of nitrogens with zero attached hydrogens (tertiary/aromatic N) is 3. The third-order valence-electron chi connectivity index (χ3n) is 3.12. The van der Waals surface area contributed by atoms with Gasteiger partial charge in [0, 0.05) is 35.3 Å². The van der Waals surface area contributed by atoms with E-state index >= 15 is 0 Å². The zero-order chi connectivity index (χ0) is 13.9. The largest absolute Gasteiger partial charge is 0.351 e. The van der Waals surface area contributed by atoms with Crippen LogP contribution in [0.5, 0.6) is 0 Å². The first-order chi connectivity index (χ1) is 9.72. The van der Waals surface area contributed by atoms with Gasteiger partial charge in [0.15, 0.2) is 5.96 Å². The molecule has 1 N–H and O–H groups in total. The number of thiazole rings is 1. The molecule has 21 heavy (non-hydrogen) atoms. The fourth-order valence-electron chi connectivity index (χ4n) is 2.00. The van der Waals surface area contributed by atoms with Crippen LogP contribution in [0.15, 0.2) is 35.5 Å². The van der Waals surface area contributed by atoms with Gasteiger partial charge in [-0.05, 0) is 12.1 Å². The van der Waals surface area contributed by atoms with Crippen LogP contribution in [0.1, 0.15) is 4.88 Å². The van der Waals surface area contributed by atoms with E-state index < -0.39 is 0 Å². The van der Waals surface area contributed by atoms with Crippen molar-refractivity contribution in [3.63, 3.8) is 0 Å². The molecule has 1 aromatic heterocycles. The molecule has 7 heteroatoms. The van der Waals surface area contributed by atoms with Crippen LogP contribution < -0.4 is 5.32 Å². The van der Waals surface area contributed by atoms with Crippen molar-refractivity contribution < 1.29 is 0 Å². The lowest BCUT2D eigenvalue weighted by molar-refractivity contribution is 0.534.